The van der Waals surface area contributed by atoms with E-state index in [1.54, 1.807) is 18.3 Å². The Bertz CT molecular complexity index is 1180. The number of hydrogen-bond acceptors (Lipinski definition) is 5. The van der Waals surface area contributed by atoms with Crippen LogP contribution in [-0.2, 0) is 0 Å². The predicted octanol–water partition coefficient (Wildman–Crippen LogP) is 5.77. The number of nitrogens with zero attached hydrogens (tertiary/aromatic N) is 2. The molecule has 0 spiro atoms. The maximum atomic E-state index is 12.7. The van der Waals surface area contributed by atoms with Gasteiger partial charge in [-0.3, -0.25) is 4.79 Å². The van der Waals surface area contributed by atoms with Crippen molar-refractivity contribution in [1.82, 2.24) is 9.97 Å². The number of pyridine rings is 1. The lowest BCUT2D eigenvalue weighted by Gasteiger charge is -2.12. The number of fused-ring (bicyclic) bond motifs is 1. The number of ether oxygens (including phenoxy) is 1. The van der Waals surface area contributed by atoms with Crippen LogP contribution in [0.4, 0.5) is 5.69 Å². The van der Waals surface area contributed by atoms with Crippen molar-refractivity contribution in [3.8, 4) is 17.2 Å². The number of hydrogen-bond donors (Lipinski definition) is 1. The van der Waals surface area contributed by atoms with Gasteiger partial charge in [0, 0.05) is 23.0 Å². The lowest BCUT2D eigenvalue weighted by Crippen LogP contribution is -2.13. The van der Waals surface area contributed by atoms with Crippen molar-refractivity contribution in [3.63, 3.8) is 0 Å². The average molecular weight is 428 g/mol. The Morgan fingerprint density at radius 3 is 2.59 bits per heavy atom. The van der Waals surface area contributed by atoms with Crippen molar-refractivity contribution in [2.24, 2.45) is 0 Å². The minimum Gasteiger partial charge on any atom is -0.494 e. The van der Waals surface area contributed by atoms with Crippen molar-refractivity contribution >= 4 is 46.0 Å². The molecule has 0 bridgehead atoms. The number of nitrogens with one attached hydrogen (secondary N) is 1. The molecule has 1 N–H and O–H groups in total. The van der Waals surface area contributed by atoms with E-state index in [2.05, 4.69) is 15.3 Å². The zero-order chi connectivity index (χ0) is 20.5. The molecule has 0 radical (unpaired) electrons. The first-order chi connectivity index (χ1) is 14.0. The van der Waals surface area contributed by atoms with E-state index >= 15 is 0 Å². The van der Waals surface area contributed by atoms with E-state index in [4.69, 9.17) is 32.4 Å². The number of rotatable bonds is 4. The van der Waals surface area contributed by atoms with E-state index in [0.29, 0.717) is 34.1 Å². The molecule has 1 amide bonds. The minimum atomic E-state index is -0.351. The summed E-state index contributed by atoms with van der Waals surface area (Å²) >= 11 is 12.3. The van der Waals surface area contributed by atoms with E-state index in [-0.39, 0.29) is 16.0 Å². The summed E-state index contributed by atoms with van der Waals surface area (Å²) in [6.45, 7) is 1.89. The van der Waals surface area contributed by atoms with Gasteiger partial charge in [-0.1, -0.05) is 29.3 Å². The molecule has 0 saturated carbocycles. The quantitative estimate of drug-likeness (QED) is 0.447. The number of oxazole rings is 1. The fourth-order valence-electron chi connectivity index (χ4n) is 2.86. The molecular weight excluding hydrogens is 413 g/mol. The topological polar surface area (TPSA) is 77.2 Å². The van der Waals surface area contributed by atoms with E-state index in [1.165, 1.54) is 19.2 Å². The molecule has 0 saturated heterocycles. The summed E-state index contributed by atoms with van der Waals surface area (Å²) in [6, 6.07) is 12.2. The summed E-state index contributed by atoms with van der Waals surface area (Å²) in [7, 11) is 1.46. The fourth-order valence-corrected chi connectivity index (χ4v) is 3.50. The largest absolute Gasteiger partial charge is 0.494 e. The second-order valence-electron chi connectivity index (χ2n) is 6.30. The first-order valence-electron chi connectivity index (χ1n) is 8.63. The van der Waals surface area contributed by atoms with Crippen molar-refractivity contribution in [3.05, 3.63) is 69.8 Å². The number of aryl methyl sites for hydroxylation is 1. The molecule has 6 nitrogen and oxygen atoms in total. The van der Waals surface area contributed by atoms with Gasteiger partial charge < -0.3 is 14.5 Å². The average Bonchev–Trinajstić information content (AvgIpc) is 3.13. The second-order valence-corrected chi connectivity index (χ2v) is 7.12. The zero-order valence-electron chi connectivity index (χ0n) is 15.5. The van der Waals surface area contributed by atoms with Gasteiger partial charge in [0.15, 0.2) is 5.75 Å². The molecule has 146 valence electrons. The van der Waals surface area contributed by atoms with Crippen LogP contribution in [0.5, 0.6) is 5.75 Å². The van der Waals surface area contributed by atoms with E-state index in [9.17, 15) is 4.79 Å². The second kappa shape index (κ2) is 7.73. The fraction of sp³-hybridized carbons (Fsp3) is 0.0952. The smallest absolute Gasteiger partial charge is 0.255 e. The summed E-state index contributed by atoms with van der Waals surface area (Å²) < 4.78 is 10.8. The summed E-state index contributed by atoms with van der Waals surface area (Å²) in [4.78, 5) is 21.3. The van der Waals surface area contributed by atoms with E-state index in [0.717, 1.165) is 11.1 Å². The summed E-state index contributed by atoms with van der Waals surface area (Å²) in [5.74, 6) is 0.397. The maximum absolute atomic E-state index is 12.7. The Hall–Kier alpha value is -3.09. The first kappa shape index (κ1) is 19.2. The normalized spacial score (nSPS) is 10.9. The first-order valence-corrected chi connectivity index (χ1v) is 9.39. The van der Waals surface area contributed by atoms with Crippen molar-refractivity contribution in [2.75, 3.05) is 12.4 Å². The molecule has 0 aliphatic rings. The lowest BCUT2D eigenvalue weighted by molar-refractivity contribution is 0.102. The number of methoxy groups -OCH3 is 1. The standard InChI is InChI=1S/C21H15Cl2N3O3/c1-11-5-6-12(20-26-16-4-3-7-24-21(16)29-20)10-17(11)25-19(27)13-8-14(22)18(28-2)15(23)9-13/h3-10H,1-2H3,(H,25,27). The minimum absolute atomic E-state index is 0.259. The summed E-state index contributed by atoms with van der Waals surface area (Å²) in [5.41, 5.74) is 3.64. The molecule has 8 heteroatoms. The number of carbonyl (C=O) groups excluding carboxylic acids is 1. The number of aromatic nitrogens is 2. The van der Waals surface area contributed by atoms with Gasteiger partial charge in [-0.05, 0) is 48.9 Å². The van der Waals surface area contributed by atoms with Gasteiger partial charge in [0.05, 0.1) is 17.2 Å². The Balaban J connectivity index is 1.65. The Labute approximate surface area is 176 Å². The number of carbonyl (C=O) groups is 1. The van der Waals surface area contributed by atoms with Crippen LogP contribution in [0.2, 0.25) is 10.0 Å². The number of halogens is 2. The van der Waals surface area contributed by atoms with Gasteiger partial charge in [0.2, 0.25) is 11.6 Å². The third kappa shape index (κ3) is 3.77. The molecule has 4 aromatic rings. The summed E-state index contributed by atoms with van der Waals surface area (Å²) in [6.07, 6.45) is 1.64. The number of amides is 1. The van der Waals surface area contributed by atoms with Crippen LogP contribution in [0.25, 0.3) is 22.7 Å². The van der Waals surface area contributed by atoms with Crippen molar-refractivity contribution in [2.45, 2.75) is 6.92 Å². The van der Waals surface area contributed by atoms with Gasteiger partial charge >= 0.3 is 0 Å². The van der Waals surface area contributed by atoms with Crippen LogP contribution >= 0.6 is 23.2 Å². The molecule has 2 aromatic heterocycles. The molecule has 0 unspecified atom stereocenters. The van der Waals surface area contributed by atoms with Gasteiger partial charge in [0.25, 0.3) is 5.91 Å². The van der Waals surface area contributed by atoms with Crippen molar-refractivity contribution < 1.29 is 13.9 Å². The maximum Gasteiger partial charge on any atom is 0.255 e. The van der Waals surface area contributed by atoms with E-state index in [1.807, 2.05) is 25.1 Å². The van der Waals surface area contributed by atoms with Gasteiger partial charge in [-0.25, -0.2) is 9.97 Å². The Morgan fingerprint density at radius 2 is 1.90 bits per heavy atom. The molecule has 0 fully saturated rings. The number of benzene rings is 2. The van der Waals surface area contributed by atoms with Crippen LogP contribution in [0, 0.1) is 6.92 Å². The van der Waals surface area contributed by atoms with Crippen LogP contribution in [0.3, 0.4) is 0 Å². The van der Waals surface area contributed by atoms with Crippen LogP contribution in [0.15, 0.2) is 53.1 Å². The predicted molar refractivity (Wildman–Crippen MR) is 113 cm³/mol. The van der Waals surface area contributed by atoms with Gasteiger partial charge in [-0.15, -0.1) is 0 Å². The van der Waals surface area contributed by atoms with Crippen LogP contribution < -0.4 is 10.1 Å². The molecule has 4 rings (SSSR count). The SMILES string of the molecule is COc1c(Cl)cc(C(=O)Nc2cc(-c3nc4cccnc4o3)ccc2C)cc1Cl. The molecule has 2 heterocycles. The molecule has 2 aromatic carbocycles. The molecule has 0 aliphatic carbocycles. The summed E-state index contributed by atoms with van der Waals surface area (Å²) in [5, 5.41) is 3.40. The van der Waals surface area contributed by atoms with E-state index < -0.39 is 0 Å². The molecule has 29 heavy (non-hydrogen) atoms. The van der Waals surface area contributed by atoms with Crippen LogP contribution in [-0.4, -0.2) is 23.0 Å². The van der Waals surface area contributed by atoms with Crippen molar-refractivity contribution in [1.29, 1.82) is 0 Å². The highest BCUT2D eigenvalue weighted by Crippen LogP contribution is 2.34. The third-order valence-electron chi connectivity index (χ3n) is 4.36. The zero-order valence-corrected chi connectivity index (χ0v) is 17.0. The monoisotopic (exact) mass is 427 g/mol. The highest BCUT2D eigenvalue weighted by molar-refractivity contribution is 6.37. The lowest BCUT2D eigenvalue weighted by atomic mass is 10.1. The van der Waals surface area contributed by atoms with Gasteiger partial charge in [0.1, 0.15) is 5.52 Å². The Kier molecular flexibility index (Phi) is 5.13. The van der Waals surface area contributed by atoms with Gasteiger partial charge in [-0.2, -0.15) is 0 Å². The highest BCUT2D eigenvalue weighted by Gasteiger charge is 2.16. The molecular formula is C21H15Cl2N3O3. The third-order valence-corrected chi connectivity index (χ3v) is 4.93. The van der Waals surface area contributed by atoms with Crippen LogP contribution in [0.1, 0.15) is 15.9 Å². The number of anilines is 1. The molecule has 0 atom stereocenters. The highest BCUT2D eigenvalue weighted by atomic mass is 35.5. The molecule has 0 aliphatic heterocycles. The Morgan fingerprint density at radius 1 is 1.14 bits per heavy atom.